The molecule has 0 spiro atoms. The number of nitrogens with two attached hydrogens (primary N) is 1. The highest BCUT2D eigenvalue weighted by Crippen LogP contribution is 2.28. The summed E-state index contributed by atoms with van der Waals surface area (Å²) in [4.78, 5) is 6.49. The second kappa shape index (κ2) is 7.02. The van der Waals surface area contributed by atoms with Gasteiger partial charge in [-0.3, -0.25) is 4.90 Å². The molecule has 1 aliphatic carbocycles. The molecule has 4 N–H and O–H groups in total. The van der Waals surface area contributed by atoms with E-state index < -0.39 is 10.0 Å². The maximum absolute atomic E-state index is 11.3. The Hall–Kier alpha value is -0.740. The third-order valence-electron chi connectivity index (χ3n) is 4.78. The zero-order valence-electron chi connectivity index (χ0n) is 13.0. The second-order valence-electron chi connectivity index (χ2n) is 6.40. The summed E-state index contributed by atoms with van der Waals surface area (Å²) in [6.45, 7) is 1.90. The molecule has 1 saturated carbocycles. The van der Waals surface area contributed by atoms with Gasteiger partial charge in [0.2, 0.25) is 10.0 Å². The summed E-state index contributed by atoms with van der Waals surface area (Å²) < 4.78 is 22.6. The van der Waals surface area contributed by atoms with E-state index in [0.29, 0.717) is 11.2 Å². The van der Waals surface area contributed by atoms with Gasteiger partial charge in [0.05, 0.1) is 12.3 Å². The van der Waals surface area contributed by atoms with Crippen molar-refractivity contribution in [3.05, 3.63) is 6.20 Å². The van der Waals surface area contributed by atoms with Gasteiger partial charge < -0.3 is 10.4 Å². The first-order chi connectivity index (χ1) is 10.9. The summed E-state index contributed by atoms with van der Waals surface area (Å²) in [5, 5.41) is 19.2. The molecule has 2 heterocycles. The molecule has 2 unspecified atom stereocenters. The summed E-state index contributed by atoms with van der Waals surface area (Å²) in [7, 11) is -3.67. The Labute approximate surface area is 140 Å². The molecule has 0 bridgehead atoms. The van der Waals surface area contributed by atoms with Crippen molar-refractivity contribution in [2.75, 3.05) is 18.4 Å². The van der Waals surface area contributed by atoms with Crippen LogP contribution in [0.5, 0.6) is 0 Å². The smallest absolute Gasteiger partial charge is 0.249 e. The highest BCUT2D eigenvalue weighted by Gasteiger charge is 2.31. The van der Waals surface area contributed by atoms with Crippen molar-refractivity contribution < 1.29 is 13.5 Å². The van der Waals surface area contributed by atoms with E-state index in [-0.39, 0.29) is 16.4 Å². The molecule has 1 aliphatic heterocycles. The summed E-state index contributed by atoms with van der Waals surface area (Å²) in [5.74, 6) is 0. The van der Waals surface area contributed by atoms with Crippen LogP contribution in [0.2, 0.25) is 0 Å². The van der Waals surface area contributed by atoms with E-state index in [1.54, 1.807) is 0 Å². The second-order valence-corrected chi connectivity index (χ2v) is 9.22. The molecule has 0 aromatic carbocycles. The van der Waals surface area contributed by atoms with Gasteiger partial charge in [-0.1, -0.05) is 24.2 Å². The normalized spacial score (nSPS) is 27.9. The summed E-state index contributed by atoms with van der Waals surface area (Å²) >= 11 is 1.07. The highest BCUT2D eigenvalue weighted by atomic mass is 32.2. The molecular weight excluding hydrogens is 336 g/mol. The van der Waals surface area contributed by atoms with Crippen molar-refractivity contribution in [3.8, 4) is 0 Å². The Bertz CT molecular complexity index is 626. The summed E-state index contributed by atoms with van der Waals surface area (Å²) in [6.07, 6.45) is 7.38. The molecule has 3 rings (SSSR count). The topological polar surface area (TPSA) is 109 Å². The van der Waals surface area contributed by atoms with Crippen LogP contribution in [-0.4, -0.2) is 54.7 Å². The van der Waals surface area contributed by atoms with Crippen LogP contribution in [-0.2, 0) is 10.0 Å². The first kappa shape index (κ1) is 17.1. The van der Waals surface area contributed by atoms with Crippen LogP contribution >= 0.6 is 11.3 Å². The molecule has 1 saturated heterocycles. The number of hydrogen-bond acceptors (Lipinski definition) is 7. The Morgan fingerprint density at radius 2 is 1.96 bits per heavy atom. The van der Waals surface area contributed by atoms with E-state index in [1.807, 2.05) is 0 Å². The number of aliphatic hydroxyl groups is 1. The number of sulfonamides is 1. The van der Waals surface area contributed by atoms with Gasteiger partial charge in [0, 0.05) is 25.2 Å². The average Bonchev–Trinajstić information content (AvgIpc) is 2.97. The monoisotopic (exact) mass is 360 g/mol. The van der Waals surface area contributed by atoms with Crippen LogP contribution in [0.25, 0.3) is 0 Å². The number of aromatic nitrogens is 1. The van der Waals surface area contributed by atoms with Gasteiger partial charge >= 0.3 is 0 Å². The zero-order chi connectivity index (χ0) is 16.4. The van der Waals surface area contributed by atoms with Gasteiger partial charge in [0.25, 0.3) is 0 Å². The predicted octanol–water partition coefficient (Wildman–Crippen LogP) is 0.970. The lowest BCUT2D eigenvalue weighted by atomic mass is 9.89. The van der Waals surface area contributed by atoms with Crippen LogP contribution in [0, 0.1) is 0 Å². The average molecular weight is 361 g/mol. The molecule has 2 atom stereocenters. The molecule has 1 aromatic rings. The van der Waals surface area contributed by atoms with Crippen LogP contribution in [0.15, 0.2) is 10.4 Å². The van der Waals surface area contributed by atoms with Crippen molar-refractivity contribution in [2.24, 2.45) is 5.14 Å². The predicted molar refractivity (Wildman–Crippen MR) is 90.0 cm³/mol. The Morgan fingerprint density at radius 1 is 1.26 bits per heavy atom. The van der Waals surface area contributed by atoms with Crippen LogP contribution < -0.4 is 10.5 Å². The molecule has 2 aliphatic rings. The number of hydrogen-bond donors (Lipinski definition) is 3. The van der Waals surface area contributed by atoms with Crippen molar-refractivity contribution in [1.82, 2.24) is 9.88 Å². The van der Waals surface area contributed by atoms with Crippen LogP contribution in [0.1, 0.15) is 38.5 Å². The fraction of sp³-hybridized carbons (Fsp3) is 0.786. The van der Waals surface area contributed by atoms with E-state index in [0.717, 1.165) is 56.5 Å². The largest absolute Gasteiger partial charge is 0.391 e. The molecule has 0 amide bonds. The van der Waals surface area contributed by atoms with Crippen molar-refractivity contribution in [3.63, 3.8) is 0 Å². The molecule has 23 heavy (non-hydrogen) atoms. The maximum atomic E-state index is 11.3. The summed E-state index contributed by atoms with van der Waals surface area (Å²) in [6, 6.07) is 0.588. The van der Waals surface area contributed by atoms with Crippen molar-refractivity contribution in [1.29, 1.82) is 0 Å². The van der Waals surface area contributed by atoms with E-state index in [4.69, 9.17) is 5.14 Å². The first-order valence-corrected chi connectivity index (χ1v) is 10.5. The number of nitrogens with zero attached hydrogens (tertiary/aromatic N) is 2. The molecule has 9 heteroatoms. The Balaban J connectivity index is 1.52. The lowest BCUT2D eigenvalue weighted by Crippen LogP contribution is -2.50. The number of nitrogens with one attached hydrogen (secondary N) is 1. The van der Waals surface area contributed by atoms with Gasteiger partial charge in [-0.25, -0.2) is 18.5 Å². The molecular formula is C14H24N4O3S2. The molecule has 0 radical (unpaired) electrons. The Kier molecular flexibility index (Phi) is 5.22. The lowest BCUT2D eigenvalue weighted by Gasteiger charge is -2.41. The fourth-order valence-corrected chi connectivity index (χ4v) is 5.05. The standard InChI is InChI=1S/C14H24N4O3S2/c15-23(20,21)13-9-16-14(22-13)17-10-5-7-18(8-6-10)11-3-1-2-4-12(11)19/h9-12,19H,1-8H2,(H,16,17)(H2,15,20,21). The number of aliphatic hydroxyl groups excluding tert-OH is 1. The van der Waals surface area contributed by atoms with Gasteiger partial charge in [-0.2, -0.15) is 0 Å². The third-order valence-corrected chi connectivity index (χ3v) is 7.12. The van der Waals surface area contributed by atoms with Gasteiger partial charge in [-0.15, -0.1) is 0 Å². The molecule has 1 aromatic heterocycles. The van der Waals surface area contributed by atoms with Crippen molar-refractivity contribution in [2.45, 2.75) is 60.9 Å². The van der Waals surface area contributed by atoms with Gasteiger partial charge in [0.15, 0.2) is 9.34 Å². The van der Waals surface area contributed by atoms with E-state index in [1.165, 1.54) is 12.6 Å². The van der Waals surface area contributed by atoms with Crippen LogP contribution in [0.3, 0.4) is 0 Å². The van der Waals surface area contributed by atoms with Gasteiger partial charge in [-0.05, 0) is 25.7 Å². The third kappa shape index (κ3) is 4.21. The molecule has 7 nitrogen and oxygen atoms in total. The minimum atomic E-state index is -3.67. The molecule has 2 fully saturated rings. The first-order valence-electron chi connectivity index (χ1n) is 8.11. The Morgan fingerprint density at radius 3 is 2.57 bits per heavy atom. The minimum Gasteiger partial charge on any atom is -0.391 e. The van der Waals surface area contributed by atoms with E-state index >= 15 is 0 Å². The highest BCUT2D eigenvalue weighted by molar-refractivity contribution is 7.91. The number of rotatable bonds is 4. The SMILES string of the molecule is NS(=O)(=O)c1cnc(NC2CCN(C3CCCCC3O)CC2)s1. The number of primary sulfonamides is 1. The maximum Gasteiger partial charge on any atom is 0.249 e. The number of likely N-dealkylation sites (tertiary alicyclic amines) is 1. The van der Waals surface area contributed by atoms with E-state index in [2.05, 4.69) is 15.2 Å². The number of thiazole rings is 1. The van der Waals surface area contributed by atoms with E-state index in [9.17, 15) is 13.5 Å². The number of anilines is 1. The fourth-order valence-electron chi connectivity index (χ4n) is 3.53. The number of piperidine rings is 1. The quantitative estimate of drug-likeness (QED) is 0.738. The lowest BCUT2D eigenvalue weighted by molar-refractivity contribution is 0.00994. The molecule has 130 valence electrons. The zero-order valence-corrected chi connectivity index (χ0v) is 14.7. The van der Waals surface area contributed by atoms with Gasteiger partial charge in [0.1, 0.15) is 0 Å². The van der Waals surface area contributed by atoms with Crippen LogP contribution in [0.4, 0.5) is 5.13 Å². The summed E-state index contributed by atoms with van der Waals surface area (Å²) in [5.41, 5.74) is 0. The van der Waals surface area contributed by atoms with Crippen molar-refractivity contribution >= 4 is 26.5 Å². The minimum absolute atomic E-state index is 0.0859.